The van der Waals surface area contributed by atoms with Crippen LogP contribution in [0.25, 0.3) is 21.8 Å². The lowest BCUT2D eigenvalue weighted by Crippen LogP contribution is -2.40. The fourth-order valence-corrected chi connectivity index (χ4v) is 4.57. The van der Waals surface area contributed by atoms with Gasteiger partial charge in [-0.1, -0.05) is 12.1 Å². The van der Waals surface area contributed by atoms with Gasteiger partial charge in [0.2, 0.25) is 10.0 Å². The van der Waals surface area contributed by atoms with Crippen LogP contribution in [0.2, 0.25) is 0 Å². The number of aromatic nitrogens is 3. The number of sulfonamides is 1. The number of hydrogen-bond acceptors (Lipinski definition) is 5. The molecule has 8 heteroatoms. The molecule has 0 amide bonds. The van der Waals surface area contributed by atoms with E-state index in [2.05, 4.69) is 37.1 Å². The molecular weight excluding hydrogens is 386 g/mol. The molecule has 150 valence electrons. The van der Waals surface area contributed by atoms with Gasteiger partial charge in [0.15, 0.2) is 0 Å². The minimum absolute atomic E-state index is 0.233. The van der Waals surface area contributed by atoms with Crippen molar-refractivity contribution in [3.63, 3.8) is 0 Å². The summed E-state index contributed by atoms with van der Waals surface area (Å²) in [4.78, 5) is 11.6. The third kappa shape index (κ3) is 4.61. The third-order valence-corrected chi connectivity index (χ3v) is 6.39. The van der Waals surface area contributed by atoms with E-state index in [0.29, 0.717) is 6.54 Å². The quantitative estimate of drug-likeness (QED) is 0.389. The molecular formula is C21H23N5O2S. The van der Waals surface area contributed by atoms with Crippen molar-refractivity contribution in [1.82, 2.24) is 25.0 Å². The van der Waals surface area contributed by atoms with Gasteiger partial charge in [0, 0.05) is 30.4 Å². The van der Waals surface area contributed by atoms with Crippen LogP contribution < -0.4 is 10.0 Å². The minimum Gasteiger partial charge on any atom is -0.345 e. The highest BCUT2D eigenvalue weighted by Gasteiger charge is 2.17. The first-order valence-corrected chi connectivity index (χ1v) is 11.0. The Labute approximate surface area is 169 Å². The third-order valence-electron chi connectivity index (χ3n) is 4.80. The molecule has 2 aromatic carbocycles. The number of pyridine rings is 1. The van der Waals surface area contributed by atoms with Crippen molar-refractivity contribution in [1.29, 1.82) is 0 Å². The van der Waals surface area contributed by atoms with Gasteiger partial charge in [0.1, 0.15) is 0 Å². The lowest BCUT2D eigenvalue weighted by atomic mass is 10.1. The molecule has 4 rings (SSSR count). The van der Waals surface area contributed by atoms with Crippen molar-refractivity contribution in [3.8, 4) is 0 Å². The highest BCUT2D eigenvalue weighted by molar-refractivity contribution is 7.89. The van der Waals surface area contributed by atoms with Crippen LogP contribution in [-0.2, 0) is 16.4 Å². The Bertz CT molecular complexity index is 1240. The highest BCUT2D eigenvalue weighted by Crippen LogP contribution is 2.18. The average molecular weight is 410 g/mol. The summed E-state index contributed by atoms with van der Waals surface area (Å²) in [5.41, 5.74) is 3.18. The van der Waals surface area contributed by atoms with Crippen LogP contribution in [0.1, 0.15) is 12.5 Å². The minimum atomic E-state index is -3.58. The Balaban J connectivity index is 1.30. The number of nitrogens with one attached hydrogen (secondary N) is 3. The van der Waals surface area contributed by atoms with Crippen molar-refractivity contribution >= 4 is 31.8 Å². The lowest BCUT2D eigenvalue weighted by Gasteiger charge is -2.15. The van der Waals surface area contributed by atoms with E-state index < -0.39 is 10.0 Å². The average Bonchev–Trinajstić information content (AvgIpc) is 3.18. The molecule has 0 fully saturated rings. The Hall–Kier alpha value is -2.81. The zero-order valence-electron chi connectivity index (χ0n) is 16.1. The van der Waals surface area contributed by atoms with E-state index in [4.69, 9.17) is 0 Å². The topological polar surface area (TPSA) is 99.8 Å². The fraction of sp³-hybridized carbons (Fsp3) is 0.238. The summed E-state index contributed by atoms with van der Waals surface area (Å²) in [6.07, 6.45) is 5.92. The Morgan fingerprint density at radius 2 is 2.00 bits per heavy atom. The number of H-pyrrole nitrogens is 1. The molecule has 7 nitrogen and oxygen atoms in total. The van der Waals surface area contributed by atoms with Crippen molar-refractivity contribution < 1.29 is 8.42 Å². The van der Waals surface area contributed by atoms with E-state index in [9.17, 15) is 8.42 Å². The van der Waals surface area contributed by atoms with Crippen LogP contribution in [0.5, 0.6) is 0 Å². The molecule has 0 saturated heterocycles. The van der Waals surface area contributed by atoms with Crippen molar-refractivity contribution in [2.75, 3.05) is 13.1 Å². The van der Waals surface area contributed by atoms with Gasteiger partial charge in [-0.3, -0.25) is 4.98 Å². The molecule has 1 unspecified atom stereocenters. The second-order valence-corrected chi connectivity index (χ2v) is 8.83. The molecule has 0 aliphatic rings. The first-order chi connectivity index (χ1) is 14.0. The molecule has 1 atom stereocenters. The normalized spacial score (nSPS) is 13.1. The summed E-state index contributed by atoms with van der Waals surface area (Å²) in [6, 6.07) is 12.8. The molecule has 4 aromatic rings. The predicted octanol–water partition coefficient (Wildman–Crippen LogP) is 2.61. The molecule has 0 bridgehead atoms. The summed E-state index contributed by atoms with van der Waals surface area (Å²) >= 11 is 0. The van der Waals surface area contributed by atoms with Gasteiger partial charge in [-0.15, -0.1) is 0 Å². The van der Waals surface area contributed by atoms with Crippen molar-refractivity contribution in [3.05, 3.63) is 66.7 Å². The number of imidazole rings is 1. The number of aromatic amines is 1. The van der Waals surface area contributed by atoms with Crippen LogP contribution in [0.3, 0.4) is 0 Å². The zero-order valence-corrected chi connectivity index (χ0v) is 16.9. The van der Waals surface area contributed by atoms with Gasteiger partial charge in [-0.25, -0.2) is 18.1 Å². The maximum atomic E-state index is 12.7. The molecule has 0 saturated carbocycles. The number of hydrogen-bond donors (Lipinski definition) is 3. The summed E-state index contributed by atoms with van der Waals surface area (Å²) < 4.78 is 28.1. The lowest BCUT2D eigenvalue weighted by molar-refractivity contribution is 0.537. The number of fused-ring (bicyclic) bond motifs is 2. The monoisotopic (exact) mass is 409 g/mol. The maximum absolute atomic E-state index is 12.7. The maximum Gasteiger partial charge on any atom is 0.240 e. The van der Waals surface area contributed by atoms with Gasteiger partial charge in [0.05, 0.1) is 22.3 Å². The SMILES string of the molecule is CC(CNCCc1ccc2nc[nH]c2c1)NS(=O)(=O)c1ccc2cnccc2c1. The number of benzene rings is 2. The van der Waals surface area contributed by atoms with Crippen molar-refractivity contribution in [2.24, 2.45) is 0 Å². The van der Waals surface area contributed by atoms with Crippen LogP contribution >= 0.6 is 0 Å². The van der Waals surface area contributed by atoms with Gasteiger partial charge >= 0.3 is 0 Å². The zero-order chi connectivity index (χ0) is 20.3. The second kappa shape index (κ2) is 8.28. The summed E-state index contributed by atoms with van der Waals surface area (Å²) in [5.74, 6) is 0. The Morgan fingerprint density at radius 3 is 2.90 bits per heavy atom. The molecule has 3 N–H and O–H groups in total. The molecule has 29 heavy (non-hydrogen) atoms. The first kappa shape index (κ1) is 19.5. The van der Waals surface area contributed by atoms with Gasteiger partial charge in [-0.2, -0.15) is 0 Å². The van der Waals surface area contributed by atoms with Crippen LogP contribution in [-0.4, -0.2) is 42.5 Å². The molecule has 0 spiro atoms. The standard InChI is InChI=1S/C21H23N5O2S/c1-15(12-22-8-6-16-2-5-20-21(10-16)25-14-24-20)26-29(27,28)19-4-3-18-13-23-9-7-17(18)11-19/h2-5,7,9-11,13-15,22,26H,6,8,12H2,1H3,(H,24,25). The van der Waals surface area contributed by atoms with E-state index >= 15 is 0 Å². The van der Waals surface area contributed by atoms with E-state index in [0.717, 1.165) is 34.8 Å². The largest absolute Gasteiger partial charge is 0.345 e. The molecule has 2 aromatic heterocycles. The van der Waals surface area contributed by atoms with Gasteiger partial charge in [-0.05, 0) is 61.2 Å². The second-order valence-electron chi connectivity index (χ2n) is 7.12. The fourth-order valence-electron chi connectivity index (χ4n) is 3.29. The first-order valence-electron chi connectivity index (χ1n) is 9.50. The van der Waals surface area contributed by atoms with Crippen LogP contribution in [0.4, 0.5) is 0 Å². The predicted molar refractivity (Wildman–Crippen MR) is 114 cm³/mol. The molecule has 0 radical (unpaired) electrons. The highest BCUT2D eigenvalue weighted by atomic mass is 32.2. The summed E-state index contributed by atoms with van der Waals surface area (Å²) in [7, 11) is -3.58. The van der Waals surface area contributed by atoms with Crippen LogP contribution in [0, 0.1) is 0 Å². The number of nitrogens with zero attached hydrogens (tertiary/aromatic N) is 2. The molecule has 2 heterocycles. The van der Waals surface area contributed by atoms with Gasteiger partial charge < -0.3 is 10.3 Å². The van der Waals surface area contributed by atoms with E-state index in [1.807, 2.05) is 13.0 Å². The summed E-state index contributed by atoms with van der Waals surface area (Å²) in [6.45, 7) is 3.16. The Morgan fingerprint density at radius 1 is 1.10 bits per heavy atom. The molecule has 0 aliphatic heterocycles. The van der Waals surface area contributed by atoms with E-state index in [-0.39, 0.29) is 10.9 Å². The van der Waals surface area contributed by atoms with Crippen LogP contribution in [0.15, 0.2) is 66.1 Å². The summed E-state index contributed by atoms with van der Waals surface area (Å²) in [5, 5.41) is 5.08. The smallest absolute Gasteiger partial charge is 0.240 e. The van der Waals surface area contributed by atoms with Crippen molar-refractivity contribution in [2.45, 2.75) is 24.3 Å². The van der Waals surface area contributed by atoms with E-state index in [1.54, 1.807) is 43.0 Å². The van der Waals surface area contributed by atoms with Gasteiger partial charge in [0.25, 0.3) is 0 Å². The Kier molecular flexibility index (Phi) is 5.57. The number of rotatable bonds is 8. The van der Waals surface area contributed by atoms with E-state index in [1.165, 1.54) is 5.56 Å². The molecule has 0 aliphatic carbocycles.